The van der Waals surface area contributed by atoms with Crippen LogP contribution in [0.3, 0.4) is 0 Å². The minimum absolute atomic E-state index is 0.358. The molecule has 0 aliphatic heterocycles. The van der Waals surface area contributed by atoms with Crippen LogP contribution in [0.5, 0.6) is 0 Å². The standard InChI is InChI=1S/C15H19N5/c1-10(2)15-18-13-8-11(16)4-5-14(13)20(15)9-12-6-7-17-19(12)3/h4-8,10H,9,16H2,1-3H3. The zero-order valence-corrected chi connectivity index (χ0v) is 12.0. The average molecular weight is 269 g/mol. The molecule has 0 bridgehead atoms. The molecule has 0 saturated heterocycles. The predicted molar refractivity (Wildman–Crippen MR) is 80.5 cm³/mol. The molecule has 1 aromatic carbocycles. The fourth-order valence-corrected chi connectivity index (χ4v) is 2.49. The number of anilines is 1. The Morgan fingerprint density at radius 1 is 1.25 bits per heavy atom. The summed E-state index contributed by atoms with van der Waals surface area (Å²) in [4.78, 5) is 4.74. The number of aryl methyl sites for hydroxylation is 1. The third-order valence-electron chi connectivity index (χ3n) is 3.56. The van der Waals surface area contributed by atoms with Crippen LogP contribution in [0.2, 0.25) is 0 Å². The molecule has 0 aliphatic carbocycles. The number of hydrogen-bond donors (Lipinski definition) is 1. The molecule has 0 unspecified atom stereocenters. The van der Waals surface area contributed by atoms with E-state index >= 15 is 0 Å². The van der Waals surface area contributed by atoms with Gasteiger partial charge in [-0.15, -0.1) is 0 Å². The van der Waals surface area contributed by atoms with Gasteiger partial charge in [-0.3, -0.25) is 4.68 Å². The summed E-state index contributed by atoms with van der Waals surface area (Å²) in [6, 6.07) is 7.93. The van der Waals surface area contributed by atoms with Crippen molar-refractivity contribution in [1.29, 1.82) is 0 Å². The van der Waals surface area contributed by atoms with E-state index in [0.29, 0.717) is 5.92 Å². The zero-order chi connectivity index (χ0) is 14.3. The molecular weight excluding hydrogens is 250 g/mol. The first kappa shape index (κ1) is 12.7. The van der Waals surface area contributed by atoms with Crippen molar-refractivity contribution < 1.29 is 0 Å². The van der Waals surface area contributed by atoms with Gasteiger partial charge in [0.1, 0.15) is 5.82 Å². The Kier molecular flexibility index (Phi) is 2.97. The zero-order valence-electron chi connectivity index (χ0n) is 12.0. The van der Waals surface area contributed by atoms with Crippen LogP contribution in [0, 0.1) is 0 Å². The van der Waals surface area contributed by atoms with Crippen LogP contribution in [0.25, 0.3) is 11.0 Å². The van der Waals surface area contributed by atoms with Crippen LogP contribution in [-0.4, -0.2) is 19.3 Å². The molecule has 2 aromatic heterocycles. The molecule has 0 aliphatic rings. The molecule has 2 heterocycles. The Labute approximate surface area is 118 Å². The summed E-state index contributed by atoms with van der Waals surface area (Å²) < 4.78 is 4.14. The van der Waals surface area contributed by atoms with Crippen molar-refractivity contribution in [2.45, 2.75) is 26.3 Å². The van der Waals surface area contributed by atoms with Gasteiger partial charge < -0.3 is 10.3 Å². The number of rotatable bonds is 3. The molecule has 0 amide bonds. The number of hydrogen-bond acceptors (Lipinski definition) is 3. The number of imidazole rings is 1. The van der Waals surface area contributed by atoms with E-state index in [4.69, 9.17) is 10.7 Å². The molecule has 5 heteroatoms. The Morgan fingerprint density at radius 3 is 2.70 bits per heavy atom. The maximum Gasteiger partial charge on any atom is 0.112 e. The average Bonchev–Trinajstić information content (AvgIpc) is 2.95. The summed E-state index contributed by atoms with van der Waals surface area (Å²) in [5.74, 6) is 1.43. The molecule has 20 heavy (non-hydrogen) atoms. The van der Waals surface area contributed by atoms with Gasteiger partial charge in [-0.25, -0.2) is 4.98 Å². The Hall–Kier alpha value is -2.30. The second kappa shape index (κ2) is 4.67. The second-order valence-corrected chi connectivity index (χ2v) is 5.41. The van der Waals surface area contributed by atoms with Crippen LogP contribution < -0.4 is 5.73 Å². The largest absolute Gasteiger partial charge is 0.399 e. The van der Waals surface area contributed by atoms with Crippen molar-refractivity contribution in [3.63, 3.8) is 0 Å². The fraction of sp³-hybridized carbons (Fsp3) is 0.333. The van der Waals surface area contributed by atoms with Crippen molar-refractivity contribution >= 4 is 16.7 Å². The number of fused-ring (bicyclic) bond motifs is 1. The maximum atomic E-state index is 5.86. The number of benzene rings is 1. The molecule has 0 atom stereocenters. The molecule has 0 radical (unpaired) electrons. The predicted octanol–water partition coefficient (Wildman–Crippen LogP) is 2.52. The van der Waals surface area contributed by atoms with Crippen LogP contribution in [0.4, 0.5) is 5.69 Å². The van der Waals surface area contributed by atoms with Crippen molar-refractivity contribution in [3.8, 4) is 0 Å². The van der Waals surface area contributed by atoms with E-state index in [1.165, 1.54) is 0 Å². The van der Waals surface area contributed by atoms with Crippen molar-refractivity contribution in [2.24, 2.45) is 7.05 Å². The smallest absolute Gasteiger partial charge is 0.112 e. The van der Waals surface area contributed by atoms with Gasteiger partial charge in [0.15, 0.2) is 0 Å². The number of aromatic nitrogens is 4. The summed E-state index contributed by atoms with van der Waals surface area (Å²) in [5, 5.41) is 4.23. The fourth-order valence-electron chi connectivity index (χ4n) is 2.49. The summed E-state index contributed by atoms with van der Waals surface area (Å²) in [7, 11) is 1.96. The third-order valence-corrected chi connectivity index (χ3v) is 3.56. The quantitative estimate of drug-likeness (QED) is 0.743. The lowest BCUT2D eigenvalue weighted by molar-refractivity contribution is 0.633. The van der Waals surface area contributed by atoms with E-state index in [2.05, 4.69) is 23.5 Å². The van der Waals surface area contributed by atoms with Crippen molar-refractivity contribution in [2.75, 3.05) is 5.73 Å². The first-order valence-electron chi connectivity index (χ1n) is 6.79. The first-order chi connectivity index (χ1) is 9.56. The van der Waals surface area contributed by atoms with Gasteiger partial charge >= 0.3 is 0 Å². The molecule has 3 aromatic rings. The van der Waals surface area contributed by atoms with Crippen LogP contribution in [-0.2, 0) is 13.6 Å². The highest BCUT2D eigenvalue weighted by Crippen LogP contribution is 2.24. The number of nitrogen functional groups attached to an aromatic ring is 1. The highest BCUT2D eigenvalue weighted by Gasteiger charge is 2.15. The van der Waals surface area contributed by atoms with Gasteiger partial charge in [0.25, 0.3) is 0 Å². The topological polar surface area (TPSA) is 61.7 Å². The molecule has 104 valence electrons. The minimum Gasteiger partial charge on any atom is -0.399 e. The molecule has 3 rings (SSSR count). The van der Waals surface area contributed by atoms with Gasteiger partial charge in [0.05, 0.1) is 23.3 Å². The van der Waals surface area contributed by atoms with E-state index < -0.39 is 0 Å². The van der Waals surface area contributed by atoms with E-state index in [9.17, 15) is 0 Å². The van der Waals surface area contributed by atoms with Gasteiger partial charge in [-0.1, -0.05) is 13.8 Å². The minimum atomic E-state index is 0.358. The highest BCUT2D eigenvalue weighted by molar-refractivity contribution is 5.79. The lowest BCUT2D eigenvalue weighted by atomic mass is 10.2. The van der Waals surface area contributed by atoms with Crippen LogP contribution in [0.15, 0.2) is 30.5 Å². The van der Waals surface area contributed by atoms with Gasteiger partial charge in [0.2, 0.25) is 0 Å². The Balaban J connectivity index is 2.16. The van der Waals surface area contributed by atoms with E-state index in [0.717, 1.165) is 34.8 Å². The van der Waals surface area contributed by atoms with Crippen LogP contribution >= 0.6 is 0 Å². The number of nitrogens with two attached hydrogens (primary N) is 1. The highest BCUT2D eigenvalue weighted by atomic mass is 15.3. The summed E-state index contributed by atoms with van der Waals surface area (Å²) in [6.07, 6.45) is 1.82. The van der Waals surface area contributed by atoms with Crippen molar-refractivity contribution in [3.05, 3.63) is 42.0 Å². The van der Waals surface area contributed by atoms with Crippen molar-refractivity contribution in [1.82, 2.24) is 19.3 Å². The summed E-state index contributed by atoms with van der Waals surface area (Å²) in [6.45, 7) is 5.08. The Bertz CT molecular complexity index is 751. The van der Waals surface area contributed by atoms with E-state index in [1.807, 2.05) is 42.2 Å². The third kappa shape index (κ3) is 2.05. The normalized spacial score (nSPS) is 11.6. The molecule has 0 saturated carbocycles. The first-order valence-corrected chi connectivity index (χ1v) is 6.79. The van der Waals surface area contributed by atoms with E-state index in [-0.39, 0.29) is 0 Å². The molecule has 0 fully saturated rings. The summed E-state index contributed by atoms with van der Waals surface area (Å²) >= 11 is 0. The molecule has 2 N–H and O–H groups in total. The van der Waals surface area contributed by atoms with Gasteiger partial charge in [-0.05, 0) is 24.3 Å². The monoisotopic (exact) mass is 269 g/mol. The second-order valence-electron chi connectivity index (χ2n) is 5.41. The molecule has 0 spiro atoms. The Morgan fingerprint density at radius 2 is 2.05 bits per heavy atom. The lowest BCUT2D eigenvalue weighted by Crippen LogP contribution is -2.09. The van der Waals surface area contributed by atoms with Crippen LogP contribution in [0.1, 0.15) is 31.3 Å². The van der Waals surface area contributed by atoms with Gasteiger partial charge in [-0.2, -0.15) is 5.10 Å². The summed E-state index contributed by atoms with van der Waals surface area (Å²) in [5.41, 5.74) is 9.83. The lowest BCUT2D eigenvalue weighted by Gasteiger charge is -2.11. The molecular formula is C15H19N5. The van der Waals surface area contributed by atoms with Gasteiger partial charge in [0, 0.05) is 24.8 Å². The number of nitrogens with zero attached hydrogens (tertiary/aromatic N) is 4. The van der Waals surface area contributed by atoms with E-state index in [1.54, 1.807) is 0 Å². The maximum absolute atomic E-state index is 5.86. The molecule has 5 nitrogen and oxygen atoms in total. The SMILES string of the molecule is CC(C)c1nc2cc(N)ccc2n1Cc1ccnn1C.